The number of aromatic nitrogens is 1. The molecule has 0 aliphatic heterocycles. The van der Waals surface area contributed by atoms with E-state index in [4.69, 9.17) is 23.2 Å². The van der Waals surface area contributed by atoms with E-state index in [1.165, 1.54) is 0 Å². The summed E-state index contributed by atoms with van der Waals surface area (Å²) in [6, 6.07) is 7.19. The molecular formula is C16H16Cl2N2O. The molecule has 1 aromatic heterocycles. The second-order valence-electron chi connectivity index (χ2n) is 4.57. The number of benzene rings is 1. The molecule has 2 aromatic rings. The number of rotatable bonds is 4. The van der Waals surface area contributed by atoms with Crippen LogP contribution in [-0.2, 0) is 0 Å². The molecule has 3 nitrogen and oxygen atoms in total. The van der Waals surface area contributed by atoms with Crippen molar-refractivity contribution in [3.05, 3.63) is 52.3 Å². The van der Waals surface area contributed by atoms with E-state index in [9.17, 15) is 4.79 Å². The topological polar surface area (TPSA) is 33.2 Å². The highest BCUT2D eigenvalue weighted by Crippen LogP contribution is 2.28. The molecule has 5 heteroatoms. The average molecular weight is 323 g/mol. The van der Waals surface area contributed by atoms with Gasteiger partial charge >= 0.3 is 0 Å². The van der Waals surface area contributed by atoms with Crippen molar-refractivity contribution < 1.29 is 4.79 Å². The van der Waals surface area contributed by atoms with Crippen molar-refractivity contribution in [1.29, 1.82) is 0 Å². The van der Waals surface area contributed by atoms with Crippen LogP contribution >= 0.6 is 23.2 Å². The molecule has 0 unspecified atom stereocenters. The largest absolute Gasteiger partial charge is 0.339 e. The lowest BCUT2D eigenvalue weighted by Crippen LogP contribution is -2.30. The normalized spacial score (nSPS) is 10.5. The maximum atomic E-state index is 12.4. The van der Waals surface area contributed by atoms with Gasteiger partial charge in [0.05, 0.1) is 15.6 Å². The molecule has 21 heavy (non-hydrogen) atoms. The van der Waals surface area contributed by atoms with Gasteiger partial charge in [0.15, 0.2) is 0 Å². The van der Waals surface area contributed by atoms with Gasteiger partial charge in [0.25, 0.3) is 5.91 Å². The zero-order valence-electron chi connectivity index (χ0n) is 11.9. The summed E-state index contributed by atoms with van der Waals surface area (Å²) >= 11 is 12.0. The molecule has 0 radical (unpaired) electrons. The van der Waals surface area contributed by atoms with Gasteiger partial charge in [0.1, 0.15) is 0 Å². The summed E-state index contributed by atoms with van der Waals surface area (Å²) in [5.74, 6) is -0.0191. The fraction of sp³-hybridized carbons (Fsp3) is 0.250. The van der Waals surface area contributed by atoms with E-state index in [-0.39, 0.29) is 5.91 Å². The van der Waals surface area contributed by atoms with Gasteiger partial charge in [0.2, 0.25) is 0 Å². The van der Waals surface area contributed by atoms with Crippen LogP contribution < -0.4 is 0 Å². The Morgan fingerprint density at radius 1 is 1.05 bits per heavy atom. The smallest absolute Gasteiger partial charge is 0.255 e. The molecule has 0 aliphatic rings. The molecule has 0 bridgehead atoms. The second kappa shape index (κ2) is 6.92. The van der Waals surface area contributed by atoms with Crippen LogP contribution in [0, 0.1) is 0 Å². The van der Waals surface area contributed by atoms with Gasteiger partial charge in [-0.15, -0.1) is 0 Å². The summed E-state index contributed by atoms with van der Waals surface area (Å²) in [6.07, 6.45) is 3.29. The van der Waals surface area contributed by atoms with Crippen LogP contribution in [0.5, 0.6) is 0 Å². The first kappa shape index (κ1) is 15.8. The van der Waals surface area contributed by atoms with Gasteiger partial charge < -0.3 is 4.90 Å². The zero-order chi connectivity index (χ0) is 15.4. The molecule has 2 rings (SSSR count). The third-order valence-electron chi connectivity index (χ3n) is 3.29. The van der Waals surface area contributed by atoms with Crippen LogP contribution in [0.3, 0.4) is 0 Å². The highest BCUT2D eigenvalue weighted by Gasteiger charge is 2.13. The first-order chi connectivity index (χ1) is 10.1. The van der Waals surface area contributed by atoms with Crippen molar-refractivity contribution in [2.45, 2.75) is 13.8 Å². The van der Waals surface area contributed by atoms with Crippen molar-refractivity contribution in [3.8, 4) is 11.1 Å². The number of carbonyl (C=O) groups is 1. The molecule has 1 amide bonds. The Morgan fingerprint density at radius 3 is 2.38 bits per heavy atom. The Labute approximate surface area is 134 Å². The van der Waals surface area contributed by atoms with Crippen LogP contribution in [0.15, 0.2) is 36.7 Å². The Morgan fingerprint density at radius 2 is 1.76 bits per heavy atom. The molecule has 0 spiro atoms. The summed E-state index contributed by atoms with van der Waals surface area (Å²) in [7, 11) is 0. The molecule has 1 aromatic carbocycles. The predicted molar refractivity (Wildman–Crippen MR) is 86.9 cm³/mol. The van der Waals surface area contributed by atoms with Crippen molar-refractivity contribution in [2.24, 2.45) is 0 Å². The first-order valence-electron chi connectivity index (χ1n) is 6.76. The molecular weight excluding hydrogens is 307 g/mol. The van der Waals surface area contributed by atoms with Crippen LogP contribution in [-0.4, -0.2) is 28.9 Å². The molecule has 0 N–H and O–H groups in total. The lowest BCUT2D eigenvalue weighted by Gasteiger charge is -2.18. The number of nitrogens with zero attached hydrogens (tertiary/aromatic N) is 2. The van der Waals surface area contributed by atoms with Gasteiger partial charge in [-0.2, -0.15) is 0 Å². The predicted octanol–water partition coefficient (Wildman–Crippen LogP) is 4.54. The highest BCUT2D eigenvalue weighted by molar-refractivity contribution is 6.42. The van der Waals surface area contributed by atoms with Crippen LogP contribution in [0.2, 0.25) is 10.0 Å². The van der Waals surface area contributed by atoms with Crippen molar-refractivity contribution in [2.75, 3.05) is 13.1 Å². The molecule has 110 valence electrons. The lowest BCUT2D eigenvalue weighted by atomic mass is 10.1. The molecule has 0 fully saturated rings. The Bertz CT molecular complexity index is 654. The van der Waals surface area contributed by atoms with E-state index in [2.05, 4.69) is 4.98 Å². The third-order valence-corrected chi connectivity index (χ3v) is 4.03. The van der Waals surface area contributed by atoms with Crippen LogP contribution in [0.25, 0.3) is 11.1 Å². The molecule has 0 saturated carbocycles. The Balaban J connectivity index is 2.37. The minimum atomic E-state index is -0.0191. The maximum Gasteiger partial charge on any atom is 0.255 e. The summed E-state index contributed by atoms with van der Waals surface area (Å²) in [4.78, 5) is 18.3. The Hall–Kier alpha value is -1.58. The van der Waals surface area contributed by atoms with Gasteiger partial charge in [-0.05, 0) is 37.6 Å². The minimum absolute atomic E-state index is 0.0191. The number of halogens is 2. The summed E-state index contributed by atoms with van der Waals surface area (Å²) in [5.41, 5.74) is 2.29. The molecule has 1 heterocycles. The van der Waals surface area contributed by atoms with E-state index in [0.717, 1.165) is 11.1 Å². The minimum Gasteiger partial charge on any atom is -0.339 e. The van der Waals surface area contributed by atoms with Crippen LogP contribution in [0.4, 0.5) is 0 Å². The van der Waals surface area contributed by atoms with Gasteiger partial charge in [-0.1, -0.05) is 29.3 Å². The SMILES string of the molecule is CCN(CC)C(=O)c1cncc(-c2ccc(Cl)c(Cl)c2)c1. The summed E-state index contributed by atoms with van der Waals surface area (Å²) in [6.45, 7) is 5.26. The van der Waals surface area contributed by atoms with E-state index < -0.39 is 0 Å². The van der Waals surface area contributed by atoms with Crippen molar-refractivity contribution in [3.63, 3.8) is 0 Å². The van der Waals surface area contributed by atoms with E-state index in [1.54, 1.807) is 29.4 Å². The molecule has 0 aliphatic carbocycles. The number of pyridine rings is 1. The third kappa shape index (κ3) is 3.55. The quantitative estimate of drug-likeness (QED) is 0.828. The number of carbonyl (C=O) groups excluding carboxylic acids is 1. The van der Waals surface area contributed by atoms with E-state index in [1.807, 2.05) is 26.0 Å². The van der Waals surface area contributed by atoms with Crippen molar-refractivity contribution in [1.82, 2.24) is 9.88 Å². The highest BCUT2D eigenvalue weighted by atomic mass is 35.5. The fourth-order valence-electron chi connectivity index (χ4n) is 2.08. The van der Waals surface area contributed by atoms with E-state index >= 15 is 0 Å². The summed E-state index contributed by atoms with van der Waals surface area (Å²) < 4.78 is 0. The maximum absolute atomic E-state index is 12.4. The summed E-state index contributed by atoms with van der Waals surface area (Å²) in [5, 5.41) is 0.985. The molecule has 0 saturated heterocycles. The monoisotopic (exact) mass is 322 g/mol. The lowest BCUT2D eigenvalue weighted by molar-refractivity contribution is 0.0772. The van der Waals surface area contributed by atoms with E-state index in [0.29, 0.717) is 28.7 Å². The van der Waals surface area contributed by atoms with Gasteiger partial charge in [-0.3, -0.25) is 9.78 Å². The standard InChI is InChI=1S/C16H16Cl2N2O/c1-3-20(4-2)16(21)13-7-12(9-19-10-13)11-5-6-14(17)15(18)8-11/h5-10H,3-4H2,1-2H3. The first-order valence-corrected chi connectivity index (χ1v) is 7.52. The van der Waals surface area contributed by atoms with Gasteiger partial charge in [0, 0.05) is 31.0 Å². The number of hydrogen-bond donors (Lipinski definition) is 0. The Kier molecular flexibility index (Phi) is 5.21. The number of hydrogen-bond acceptors (Lipinski definition) is 2. The average Bonchev–Trinajstić information content (AvgIpc) is 2.51. The number of amides is 1. The fourth-order valence-corrected chi connectivity index (χ4v) is 2.38. The molecule has 0 atom stereocenters. The van der Waals surface area contributed by atoms with Gasteiger partial charge in [-0.25, -0.2) is 0 Å². The zero-order valence-corrected chi connectivity index (χ0v) is 13.4. The second-order valence-corrected chi connectivity index (χ2v) is 5.38. The van der Waals surface area contributed by atoms with Crippen molar-refractivity contribution >= 4 is 29.1 Å². The van der Waals surface area contributed by atoms with Crippen LogP contribution in [0.1, 0.15) is 24.2 Å².